The molecule has 0 spiro atoms. The number of aromatic hydroxyl groups is 1. The Bertz CT molecular complexity index is 2300. The number of hydrogen-bond donors (Lipinski definition) is 1. The van der Waals surface area contributed by atoms with Crippen molar-refractivity contribution in [1.82, 2.24) is 29.7 Å². The van der Waals surface area contributed by atoms with Gasteiger partial charge in [0.05, 0.1) is 22.4 Å². The number of phenols is 1. The maximum Gasteiger partial charge on any atom is 0.319 e. The van der Waals surface area contributed by atoms with Crippen molar-refractivity contribution in [2.24, 2.45) is 5.92 Å². The number of halogens is 3. The molecule has 14 heteroatoms. The average molecular weight is 752 g/mol. The van der Waals surface area contributed by atoms with Crippen LogP contribution in [0.4, 0.5) is 19.0 Å². The molecule has 2 amide bonds. The number of carbonyl (C=O) groups is 2. The minimum absolute atomic E-state index is 0.0321. The number of piperazine rings is 1. The smallest absolute Gasteiger partial charge is 0.319 e. The molecule has 2 bridgehead atoms. The number of benzene rings is 2. The molecule has 5 aliphatic rings. The first-order valence-corrected chi connectivity index (χ1v) is 18.9. The second kappa shape index (κ2) is 13.4. The Balaban J connectivity index is 1.10. The van der Waals surface area contributed by atoms with Gasteiger partial charge >= 0.3 is 6.01 Å². The molecule has 5 aliphatic heterocycles. The first kappa shape index (κ1) is 35.3. The summed E-state index contributed by atoms with van der Waals surface area (Å²) in [6.07, 6.45) is 11.6. The number of rotatable bonds is 7. The predicted molar refractivity (Wildman–Crippen MR) is 199 cm³/mol. The van der Waals surface area contributed by atoms with E-state index in [9.17, 15) is 23.5 Å². The van der Waals surface area contributed by atoms with Crippen molar-refractivity contribution in [3.05, 3.63) is 60.3 Å². The molecule has 2 aromatic carbocycles. The first-order valence-electron chi connectivity index (χ1n) is 18.9. The lowest BCUT2D eigenvalue weighted by molar-refractivity contribution is -0.138. The molecule has 55 heavy (non-hydrogen) atoms. The van der Waals surface area contributed by atoms with Gasteiger partial charge in [-0.15, -0.1) is 6.42 Å². The van der Waals surface area contributed by atoms with E-state index >= 15 is 4.39 Å². The standard InChI is InChI=1S/C41H40F3N7O4/c1-3-29-32(43)9-6-23-14-28(52)15-30(34(23)29)36-35(44)37-31(17-45-36)38(47-40(46-37)55-22-41-11-5-12-50(41)19-25(42)16-41)49-20-26-7-8-27(21-49)51(26)39(54)24-10-13-48(18-24)33(53)4-2/h1,4,6,9,14-15,17,24-27,52H,2,5,7-8,10-13,16,18-22H2/t24?,25-,26?,27?,41+/m1/s1. The fourth-order valence-electron chi connectivity index (χ4n) is 9.85. The average Bonchev–Trinajstić information content (AvgIpc) is 3.95. The van der Waals surface area contributed by atoms with Gasteiger partial charge in [0, 0.05) is 68.4 Å². The van der Waals surface area contributed by atoms with Crippen LogP contribution in [0, 0.1) is 29.9 Å². The van der Waals surface area contributed by atoms with Gasteiger partial charge < -0.3 is 24.5 Å². The van der Waals surface area contributed by atoms with Crippen LogP contribution in [0.3, 0.4) is 0 Å². The van der Waals surface area contributed by atoms with E-state index in [-0.39, 0.29) is 75.9 Å². The van der Waals surface area contributed by atoms with Crippen molar-refractivity contribution in [1.29, 1.82) is 0 Å². The maximum atomic E-state index is 17.1. The number of amides is 2. The number of fused-ring (bicyclic) bond motifs is 5. The number of anilines is 1. The van der Waals surface area contributed by atoms with Crippen LogP contribution < -0.4 is 9.64 Å². The highest BCUT2D eigenvalue weighted by Gasteiger charge is 2.50. The normalized spacial score (nSPS) is 26.2. The minimum Gasteiger partial charge on any atom is -0.508 e. The number of phenolic OH excluding ortho intramolecular Hbond substituents is 1. The monoisotopic (exact) mass is 751 g/mol. The van der Waals surface area contributed by atoms with Gasteiger partial charge in [0.2, 0.25) is 11.8 Å². The first-order chi connectivity index (χ1) is 26.6. The topological polar surface area (TPSA) is 115 Å². The molecule has 0 saturated carbocycles. The molecule has 11 nitrogen and oxygen atoms in total. The second-order valence-corrected chi connectivity index (χ2v) is 15.5. The molecular formula is C41H40F3N7O4. The number of terminal acetylenes is 1. The fraction of sp³-hybridized carbons (Fsp3) is 0.439. The Labute approximate surface area is 315 Å². The van der Waals surface area contributed by atoms with Crippen LogP contribution in [0.1, 0.15) is 44.1 Å². The lowest BCUT2D eigenvalue weighted by Gasteiger charge is -2.42. The summed E-state index contributed by atoms with van der Waals surface area (Å²) in [5.41, 5.74) is -0.800. The quantitative estimate of drug-likeness (QED) is 0.206. The summed E-state index contributed by atoms with van der Waals surface area (Å²) in [6, 6.07) is 5.02. The molecule has 2 aromatic heterocycles. The number of likely N-dealkylation sites (tertiary alicyclic amines) is 1. The number of ether oxygens (including phenoxy) is 1. The van der Waals surface area contributed by atoms with Gasteiger partial charge in [-0.2, -0.15) is 9.97 Å². The summed E-state index contributed by atoms with van der Waals surface area (Å²) in [6.45, 7) is 6.52. The Kier molecular flexibility index (Phi) is 8.60. The fourth-order valence-corrected chi connectivity index (χ4v) is 9.85. The summed E-state index contributed by atoms with van der Waals surface area (Å²) in [5, 5.41) is 11.6. The van der Waals surface area contributed by atoms with E-state index in [0.717, 1.165) is 32.2 Å². The Morgan fingerprint density at radius 3 is 2.65 bits per heavy atom. The van der Waals surface area contributed by atoms with Crippen LogP contribution in [0.2, 0.25) is 0 Å². The van der Waals surface area contributed by atoms with Gasteiger partial charge in [-0.25, -0.2) is 13.2 Å². The highest BCUT2D eigenvalue weighted by Crippen LogP contribution is 2.43. The number of pyridine rings is 1. The van der Waals surface area contributed by atoms with Crippen molar-refractivity contribution in [3.63, 3.8) is 0 Å². The van der Waals surface area contributed by atoms with Crippen molar-refractivity contribution in [3.8, 4) is 35.4 Å². The molecule has 5 fully saturated rings. The second-order valence-electron chi connectivity index (χ2n) is 15.5. The molecular weight excluding hydrogens is 711 g/mol. The zero-order valence-corrected chi connectivity index (χ0v) is 30.2. The molecule has 3 unspecified atom stereocenters. The number of hydrogen-bond acceptors (Lipinski definition) is 9. The van der Waals surface area contributed by atoms with Gasteiger partial charge in [-0.05, 0) is 68.3 Å². The molecule has 4 aromatic rings. The van der Waals surface area contributed by atoms with E-state index in [4.69, 9.17) is 16.1 Å². The third kappa shape index (κ3) is 5.82. The van der Waals surface area contributed by atoms with Crippen molar-refractivity contribution >= 4 is 39.3 Å². The van der Waals surface area contributed by atoms with E-state index < -0.39 is 23.3 Å². The third-order valence-corrected chi connectivity index (χ3v) is 12.4. The van der Waals surface area contributed by atoms with E-state index in [2.05, 4.69) is 27.4 Å². The molecule has 5 saturated heterocycles. The van der Waals surface area contributed by atoms with Gasteiger partial charge in [-0.3, -0.25) is 19.5 Å². The molecule has 0 aliphatic carbocycles. The highest BCUT2D eigenvalue weighted by atomic mass is 19.1. The molecule has 5 atom stereocenters. The van der Waals surface area contributed by atoms with E-state index in [0.29, 0.717) is 62.2 Å². The third-order valence-electron chi connectivity index (χ3n) is 12.4. The van der Waals surface area contributed by atoms with Crippen LogP contribution in [-0.4, -0.2) is 116 Å². The van der Waals surface area contributed by atoms with Crippen molar-refractivity contribution in [2.45, 2.75) is 62.3 Å². The summed E-state index contributed by atoms with van der Waals surface area (Å²) in [5.74, 6) is 0.612. The summed E-state index contributed by atoms with van der Waals surface area (Å²) >= 11 is 0. The number of nitrogens with zero attached hydrogens (tertiary/aromatic N) is 7. The van der Waals surface area contributed by atoms with Crippen LogP contribution in [0.15, 0.2) is 43.1 Å². The number of aromatic nitrogens is 3. The molecule has 0 radical (unpaired) electrons. The largest absolute Gasteiger partial charge is 0.508 e. The van der Waals surface area contributed by atoms with Gasteiger partial charge in [0.1, 0.15) is 41.4 Å². The van der Waals surface area contributed by atoms with Crippen LogP contribution in [0.5, 0.6) is 11.8 Å². The maximum absolute atomic E-state index is 17.1. The van der Waals surface area contributed by atoms with Gasteiger partial charge in [-0.1, -0.05) is 18.6 Å². The summed E-state index contributed by atoms with van der Waals surface area (Å²) < 4.78 is 53.0. The minimum atomic E-state index is -0.970. The Hall–Kier alpha value is -5.42. The van der Waals surface area contributed by atoms with Crippen molar-refractivity contribution < 1.29 is 32.6 Å². The van der Waals surface area contributed by atoms with Gasteiger partial charge in [0.15, 0.2) is 5.82 Å². The van der Waals surface area contributed by atoms with Crippen LogP contribution >= 0.6 is 0 Å². The van der Waals surface area contributed by atoms with E-state index in [1.807, 2.05) is 9.80 Å². The summed E-state index contributed by atoms with van der Waals surface area (Å²) in [7, 11) is 0. The van der Waals surface area contributed by atoms with E-state index in [1.165, 1.54) is 36.5 Å². The van der Waals surface area contributed by atoms with Crippen molar-refractivity contribution in [2.75, 3.05) is 50.8 Å². The zero-order valence-electron chi connectivity index (χ0n) is 30.2. The lowest BCUT2D eigenvalue weighted by Crippen LogP contribution is -2.57. The zero-order chi connectivity index (χ0) is 38.2. The Morgan fingerprint density at radius 1 is 1.09 bits per heavy atom. The lowest BCUT2D eigenvalue weighted by atomic mass is 9.95. The van der Waals surface area contributed by atoms with Crippen LogP contribution in [-0.2, 0) is 9.59 Å². The predicted octanol–water partition coefficient (Wildman–Crippen LogP) is 4.98. The molecule has 1 N–H and O–H groups in total. The van der Waals surface area contributed by atoms with Crippen LogP contribution in [0.25, 0.3) is 32.9 Å². The Morgan fingerprint density at radius 2 is 1.89 bits per heavy atom. The number of carbonyl (C=O) groups excluding carboxylic acids is 2. The highest BCUT2D eigenvalue weighted by molar-refractivity contribution is 6.03. The van der Waals surface area contributed by atoms with E-state index in [1.54, 1.807) is 4.90 Å². The molecule has 9 rings (SSSR count). The number of alkyl halides is 1. The SMILES string of the molecule is C#Cc1c(F)ccc2cc(O)cc(-c3ncc4c(N5CC6CCC(C5)N6C(=O)C5CCN(C(=O)C=C)C5)nc(OC[C@@]56CCCN5C[C@H](F)C6)nc4c3F)c12. The van der Waals surface area contributed by atoms with Gasteiger partial charge in [0.25, 0.3) is 0 Å². The molecule has 284 valence electrons. The summed E-state index contributed by atoms with van der Waals surface area (Å²) in [4.78, 5) is 47.8. The molecule has 7 heterocycles.